The molecule has 1 aromatic heterocycles. The largest absolute Gasteiger partial charge is 0.392 e. The third-order valence-corrected chi connectivity index (χ3v) is 8.33. The average molecular weight is 395 g/mol. The van der Waals surface area contributed by atoms with Gasteiger partial charge in [-0.1, -0.05) is 37.6 Å². The lowest BCUT2D eigenvalue weighted by Crippen LogP contribution is -2.49. The highest BCUT2D eigenvalue weighted by molar-refractivity contribution is 5.68. The first-order chi connectivity index (χ1) is 13.8. The number of hydrogen-bond donors (Lipinski definition) is 2. The first-order valence-corrected chi connectivity index (χ1v) is 11.3. The van der Waals surface area contributed by atoms with Gasteiger partial charge >= 0.3 is 0 Å². The highest BCUT2D eigenvalue weighted by Crippen LogP contribution is 2.55. The molecule has 4 unspecified atom stereocenters. The van der Waals surface area contributed by atoms with Crippen LogP contribution >= 0.6 is 0 Å². The zero-order valence-electron chi connectivity index (χ0n) is 17.9. The molecule has 29 heavy (non-hydrogen) atoms. The smallest absolute Gasteiger partial charge is 0.0956 e. The summed E-state index contributed by atoms with van der Waals surface area (Å²) in [5, 5.41) is 22.2. The van der Waals surface area contributed by atoms with Crippen molar-refractivity contribution < 1.29 is 10.2 Å². The van der Waals surface area contributed by atoms with E-state index in [2.05, 4.69) is 40.7 Å². The number of aliphatic hydroxyl groups excluding tert-OH is 1. The monoisotopic (exact) mass is 394 g/mol. The van der Waals surface area contributed by atoms with Crippen molar-refractivity contribution >= 4 is 0 Å². The van der Waals surface area contributed by atoms with Gasteiger partial charge in [-0.15, -0.1) is 0 Å². The zero-order valence-corrected chi connectivity index (χ0v) is 17.9. The van der Waals surface area contributed by atoms with Gasteiger partial charge in [0, 0.05) is 5.56 Å². The van der Waals surface area contributed by atoms with Gasteiger partial charge in [-0.25, -0.2) is 4.98 Å². The Labute approximate surface area is 174 Å². The maximum absolute atomic E-state index is 11.5. The van der Waals surface area contributed by atoms with Gasteiger partial charge in [-0.05, 0) is 74.7 Å². The topological polar surface area (TPSA) is 58.3 Å². The van der Waals surface area contributed by atoms with Crippen molar-refractivity contribution in [2.45, 2.75) is 77.0 Å². The van der Waals surface area contributed by atoms with Gasteiger partial charge in [0.25, 0.3) is 0 Å². The first kappa shape index (κ1) is 19.3. The van der Waals surface area contributed by atoms with Crippen molar-refractivity contribution in [3.8, 4) is 11.3 Å². The lowest BCUT2D eigenvalue weighted by atomic mass is 9.54. The molecule has 2 heterocycles. The van der Waals surface area contributed by atoms with Crippen molar-refractivity contribution in [2.75, 3.05) is 0 Å². The van der Waals surface area contributed by atoms with Crippen molar-refractivity contribution in [3.63, 3.8) is 0 Å². The maximum Gasteiger partial charge on any atom is 0.0956 e. The van der Waals surface area contributed by atoms with Crippen molar-refractivity contribution in [1.29, 1.82) is 0 Å². The van der Waals surface area contributed by atoms with E-state index < -0.39 is 5.60 Å². The molecule has 156 valence electrons. The summed E-state index contributed by atoms with van der Waals surface area (Å²) in [5.41, 5.74) is 2.99. The molecule has 3 aliphatic rings. The molecular weight excluding hydrogens is 360 g/mol. The summed E-state index contributed by atoms with van der Waals surface area (Å²) in [5.74, 6) is 1.55. The summed E-state index contributed by atoms with van der Waals surface area (Å²) in [7, 11) is 0. The van der Waals surface area contributed by atoms with E-state index in [1.165, 1.54) is 24.0 Å². The van der Waals surface area contributed by atoms with Gasteiger partial charge in [0.2, 0.25) is 0 Å². The number of aliphatic hydroxyl groups is 2. The van der Waals surface area contributed by atoms with Crippen LogP contribution < -0.4 is 0 Å². The Bertz CT molecular complexity index is 898. The second kappa shape index (κ2) is 6.68. The molecule has 2 aliphatic carbocycles. The molecule has 2 aromatic rings. The molecule has 1 aliphatic heterocycles. The van der Waals surface area contributed by atoms with Crippen LogP contribution in [0.5, 0.6) is 0 Å². The summed E-state index contributed by atoms with van der Waals surface area (Å²) >= 11 is 0. The van der Waals surface area contributed by atoms with E-state index in [4.69, 9.17) is 0 Å². The SMILES string of the molecule is CC(C)(O)C1CCC2C[C@@H]1C[C@](C)(C(O)CC1c3ccccc3-c3cncn31)C2. The maximum atomic E-state index is 11.5. The Morgan fingerprint density at radius 2 is 2.03 bits per heavy atom. The quantitative estimate of drug-likeness (QED) is 0.782. The molecule has 0 radical (unpaired) electrons. The predicted molar refractivity (Wildman–Crippen MR) is 114 cm³/mol. The Hall–Kier alpha value is -1.65. The van der Waals surface area contributed by atoms with Crippen LogP contribution in [0.2, 0.25) is 0 Å². The molecule has 4 nitrogen and oxygen atoms in total. The van der Waals surface area contributed by atoms with E-state index in [1.54, 1.807) is 0 Å². The fraction of sp³-hybridized carbons (Fsp3) is 0.640. The van der Waals surface area contributed by atoms with E-state index >= 15 is 0 Å². The lowest BCUT2D eigenvalue weighted by Gasteiger charge is -2.53. The minimum atomic E-state index is -0.630. The Kier molecular flexibility index (Phi) is 4.45. The third kappa shape index (κ3) is 3.16. The van der Waals surface area contributed by atoms with E-state index in [-0.39, 0.29) is 17.6 Å². The zero-order chi connectivity index (χ0) is 20.4. The molecule has 2 N–H and O–H groups in total. The molecular formula is C25H34N2O2. The number of imidazole rings is 1. The summed E-state index contributed by atoms with van der Waals surface area (Å²) < 4.78 is 2.24. The van der Waals surface area contributed by atoms with Crippen LogP contribution in [0, 0.1) is 23.2 Å². The van der Waals surface area contributed by atoms with E-state index in [9.17, 15) is 10.2 Å². The van der Waals surface area contributed by atoms with Gasteiger partial charge in [0.1, 0.15) is 0 Å². The molecule has 2 saturated carbocycles. The third-order valence-electron chi connectivity index (χ3n) is 8.33. The van der Waals surface area contributed by atoms with Crippen molar-refractivity contribution in [3.05, 3.63) is 42.4 Å². The molecule has 0 spiro atoms. The first-order valence-electron chi connectivity index (χ1n) is 11.3. The number of aromatic nitrogens is 2. The number of rotatable bonds is 4. The molecule has 2 bridgehead atoms. The van der Waals surface area contributed by atoms with Gasteiger partial charge in [-0.2, -0.15) is 0 Å². The van der Waals surface area contributed by atoms with Crippen molar-refractivity contribution in [1.82, 2.24) is 9.55 Å². The lowest BCUT2D eigenvalue weighted by molar-refractivity contribution is -0.102. The van der Waals surface area contributed by atoms with Crippen LogP contribution in [-0.2, 0) is 0 Å². The van der Waals surface area contributed by atoms with Crippen LogP contribution in [0.3, 0.4) is 0 Å². The molecule has 6 atom stereocenters. The predicted octanol–water partition coefficient (Wildman–Crippen LogP) is 4.81. The number of fused-ring (bicyclic) bond motifs is 5. The van der Waals surface area contributed by atoms with Crippen LogP contribution in [0.25, 0.3) is 11.3 Å². The summed E-state index contributed by atoms with van der Waals surface area (Å²) in [4.78, 5) is 4.37. The van der Waals surface area contributed by atoms with E-state index in [0.29, 0.717) is 17.8 Å². The Balaban J connectivity index is 1.39. The number of benzene rings is 1. The minimum absolute atomic E-state index is 0.0875. The highest BCUT2D eigenvalue weighted by Gasteiger charge is 2.49. The Morgan fingerprint density at radius 1 is 1.24 bits per heavy atom. The second-order valence-electron chi connectivity index (χ2n) is 10.8. The molecule has 1 aromatic carbocycles. The summed E-state index contributed by atoms with van der Waals surface area (Å²) in [6.07, 6.45) is 9.86. The van der Waals surface area contributed by atoms with Crippen LogP contribution in [0.15, 0.2) is 36.8 Å². The van der Waals surface area contributed by atoms with E-state index in [1.807, 2.05) is 26.4 Å². The van der Waals surface area contributed by atoms with Gasteiger partial charge < -0.3 is 14.8 Å². The fourth-order valence-electron chi connectivity index (χ4n) is 6.98. The molecule has 5 rings (SSSR count). The summed E-state index contributed by atoms with van der Waals surface area (Å²) in [6, 6.07) is 8.69. The van der Waals surface area contributed by atoms with Crippen molar-refractivity contribution in [2.24, 2.45) is 23.2 Å². The van der Waals surface area contributed by atoms with Crippen LogP contribution in [0.4, 0.5) is 0 Å². The highest BCUT2D eigenvalue weighted by atomic mass is 16.3. The standard InChI is InChI=1S/C25H34N2O2/c1-24(2,29)20-9-8-16-10-17(20)13-25(3,12-16)23(28)11-21-18-6-4-5-7-19(18)22-14-26-15-27(21)22/h4-7,14-17,20-21,23,28-29H,8-13H2,1-3H3/t16?,17-,20?,21?,23?,25-/m1/s1. The molecule has 0 amide bonds. The molecule has 0 saturated heterocycles. The average Bonchev–Trinajstić information content (AvgIpc) is 3.23. The van der Waals surface area contributed by atoms with Crippen LogP contribution in [-0.4, -0.2) is 31.5 Å². The van der Waals surface area contributed by atoms with Gasteiger partial charge in [0.15, 0.2) is 0 Å². The fourth-order valence-corrected chi connectivity index (χ4v) is 6.98. The molecule has 2 fully saturated rings. The number of nitrogens with zero attached hydrogens (tertiary/aromatic N) is 2. The normalized spacial score (nSPS) is 34.5. The van der Waals surface area contributed by atoms with Gasteiger partial charge in [-0.3, -0.25) is 0 Å². The summed E-state index contributed by atoms with van der Waals surface area (Å²) in [6.45, 7) is 6.23. The van der Waals surface area contributed by atoms with E-state index in [0.717, 1.165) is 31.4 Å². The Morgan fingerprint density at radius 3 is 2.83 bits per heavy atom. The van der Waals surface area contributed by atoms with Crippen LogP contribution in [0.1, 0.15) is 70.9 Å². The second-order valence-corrected chi connectivity index (χ2v) is 10.8. The minimum Gasteiger partial charge on any atom is -0.392 e. The van der Waals surface area contributed by atoms with Gasteiger partial charge in [0.05, 0.1) is 36.0 Å². The number of hydrogen-bond acceptors (Lipinski definition) is 3. The molecule has 4 heteroatoms.